The Kier molecular flexibility index (Phi) is 5.61. The van der Waals surface area contributed by atoms with Crippen LogP contribution < -0.4 is 9.62 Å². The van der Waals surface area contributed by atoms with Crippen LogP contribution in [-0.2, 0) is 29.4 Å². The fraction of sp³-hybridized carbons (Fsp3) is 0.421. The first kappa shape index (κ1) is 19.1. The molecule has 2 aromatic rings. The smallest absolute Gasteiger partial charge is 0.235 e. The lowest BCUT2D eigenvalue weighted by Gasteiger charge is -2.18. The van der Waals surface area contributed by atoms with Crippen LogP contribution in [0.4, 0.5) is 11.5 Å². The summed E-state index contributed by atoms with van der Waals surface area (Å²) in [5.41, 5.74) is 3.89. The van der Waals surface area contributed by atoms with Gasteiger partial charge in [0.15, 0.2) is 5.82 Å². The van der Waals surface area contributed by atoms with Crippen LogP contribution in [0, 0.1) is 11.3 Å². The zero-order valence-corrected chi connectivity index (χ0v) is 16.4. The summed E-state index contributed by atoms with van der Waals surface area (Å²) in [6.45, 7) is 4.94. The van der Waals surface area contributed by atoms with Gasteiger partial charge in [-0.25, -0.2) is 8.42 Å². The lowest BCUT2D eigenvalue weighted by Crippen LogP contribution is -2.25. The maximum atomic E-state index is 12.1. The highest BCUT2D eigenvalue weighted by Gasteiger charge is 2.28. The largest absolute Gasteiger partial charge is 0.363 e. The van der Waals surface area contributed by atoms with Gasteiger partial charge >= 0.3 is 0 Å². The molecule has 7 nitrogen and oxygen atoms in total. The van der Waals surface area contributed by atoms with Crippen molar-refractivity contribution in [1.82, 2.24) is 10.2 Å². The van der Waals surface area contributed by atoms with Crippen LogP contribution >= 0.6 is 0 Å². The molecule has 1 aliphatic rings. The third-order valence-corrected chi connectivity index (χ3v) is 6.59. The van der Waals surface area contributed by atoms with Crippen LogP contribution in [0.2, 0.25) is 0 Å². The van der Waals surface area contributed by atoms with E-state index in [0.29, 0.717) is 36.6 Å². The molecule has 0 spiro atoms. The van der Waals surface area contributed by atoms with Crippen LogP contribution in [0.1, 0.15) is 42.7 Å². The lowest BCUT2D eigenvalue weighted by atomic mass is 10.0. The Morgan fingerprint density at radius 1 is 1.26 bits per heavy atom. The van der Waals surface area contributed by atoms with Crippen molar-refractivity contribution < 1.29 is 8.42 Å². The zero-order valence-electron chi connectivity index (χ0n) is 15.6. The van der Waals surface area contributed by atoms with Crippen LogP contribution in [0.25, 0.3) is 0 Å². The first-order chi connectivity index (χ1) is 13.0. The van der Waals surface area contributed by atoms with Gasteiger partial charge in [-0.15, -0.1) is 5.10 Å². The number of benzene rings is 1. The average Bonchev–Trinajstić information content (AvgIpc) is 3.04. The monoisotopic (exact) mass is 385 g/mol. The number of aryl methyl sites for hydroxylation is 1. The van der Waals surface area contributed by atoms with Gasteiger partial charge in [0.2, 0.25) is 10.0 Å². The Hall–Kier alpha value is -2.66. The molecule has 8 heteroatoms. The molecular formula is C19H23N5O2S. The van der Waals surface area contributed by atoms with E-state index < -0.39 is 10.0 Å². The number of nitrogens with zero attached hydrogens (tertiary/aromatic N) is 4. The predicted molar refractivity (Wildman–Crippen MR) is 105 cm³/mol. The number of aromatic nitrogens is 2. The maximum Gasteiger partial charge on any atom is 0.235 e. The van der Waals surface area contributed by atoms with E-state index in [4.69, 9.17) is 0 Å². The molecule has 0 unspecified atom stereocenters. The predicted octanol–water partition coefficient (Wildman–Crippen LogP) is 2.63. The number of hydrogen-bond acceptors (Lipinski definition) is 6. The van der Waals surface area contributed by atoms with Gasteiger partial charge in [0.1, 0.15) is 11.6 Å². The van der Waals surface area contributed by atoms with E-state index >= 15 is 0 Å². The molecule has 3 rings (SSSR count). The van der Waals surface area contributed by atoms with Gasteiger partial charge in [0.25, 0.3) is 0 Å². The highest BCUT2D eigenvalue weighted by molar-refractivity contribution is 7.93. The van der Waals surface area contributed by atoms with E-state index in [1.54, 1.807) is 6.07 Å². The summed E-state index contributed by atoms with van der Waals surface area (Å²) < 4.78 is 25.7. The first-order valence-electron chi connectivity index (χ1n) is 9.12. The van der Waals surface area contributed by atoms with E-state index in [1.807, 2.05) is 32.0 Å². The van der Waals surface area contributed by atoms with Crippen molar-refractivity contribution in [3.63, 3.8) is 0 Å². The van der Waals surface area contributed by atoms with Crippen molar-refractivity contribution in [2.45, 2.75) is 39.7 Å². The molecule has 0 atom stereocenters. The fourth-order valence-corrected chi connectivity index (χ4v) is 4.91. The second kappa shape index (κ2) is 7.92. The maximum absolute atomic E-state index is 12.1. The van der Waals surface area contributed by atoms with Crippen LogP contribution in [-0.4, -0.2) is 30.9 Å². The third-order valence-electron chi connectivity index (χ3n) is 4.72. The van der Waals surface area contributed by atoms with E-state index in [9.17, 15) is 13.7 Å². The first-order valence-corrected chi connectivity index (χ1v) is 10.7. The van der Waals surface area contributed by atoms with E-state index in [1.165, 1.54) is 4.31 Å². The SMILES string of the molecule is CCc1nnc(NCc2cccc(N3CCCS3(=O)=O)c2)c(C#N)c1CC. The number of hydrogen-bond donors (Lipinski definition) is 1. The van der Waals surface area contributed by atoms with E-state index in [2.05, 4.69) is 21.6 Å². The Morgan fingerprint density at radius 3 is 2.70 bits per heavy atom. The van der Waals surface area contributed by atoms with Crippen molar-refractivity contribution in [2.75, 3.05) is 21.9 Å². The van der Waals surface area contributed by atoms with Gasteiger partial charge in [-0.2, -0.15) is 10.4 Å². The highest BCUT2D eigenvalue weighted by atomic mass is 32.2. The fourth-order valence-electron chi connectivity index (χ4n) is 3.35. The van der Waals surface area contributed by atoms with Crippen molar-refractivity contribution in [2.24, 2.45) is 0 Å². The minimum absolute atomic E-state index is 0.195. The topological polar surface area (TPSA) is 99.0 Å². The minimum Gasteiger partial charge on any atom is -0.363 e. The Bertz CT molecular complexity index is 982. The van der Waals surface area contributed by atoms with Crippen molar-refractivity contribution in [3.05, 3.63) is 46.6 Å². The summed E-state index contributed by atoms with van der Waals surface area (Å²) in [5, 5.41) is 21.2. The van der Waals surface area contributed by atoms with Gasteiger partial charge < -0.3 is 5.32 Å². The molecule has 2 heterocycles. The Morgan fingerprint density at radius 2 is 2.07 bits per heavy atom. The van der Waals surface area contributed by atoms with Crippen molar-refractivity contribution in [1.29, 1.82) is 5.26 Å². The molecular weight excluding hydrogens is 362 g/mol. The van der Waals surface area contributed by atoms with E-state index in [-0.39, 0.29) is 5.75 Å². The summed E-state index contributed by atoms with van der Waals surface area (Å²) in [6.07, 6.45) is 2.10. The summed E-state index contributed by atoms with van der Waals surface area (Å²) in [4.78, 5) is 0. The molecule has 1 aliphatic heterocycles. The quantitative estimate of drug-likeness (QED) is 0.821. The summed E-state index contributed by atoms with van der Waals surface area (Å²) >= 11 is 0. The van der Waals surface area contributed by atoms with Gasteiger partial charge in [-0.3, -0.25) is 4.31 Å². The molecule has 1 saturated heterocycles. The van der Waals surface area contributed by atoms with Crippen molar-refractivity contribution >= 4 is 21.5 Å². The normalized spacial score (nSPS) is 15.5. The Balaban J connectivity index is 1.82. The molecule has 142 valence electrons. The molecule has 0 saturated carbocycles. The summed E-state index contributed by atoms with van der Waals surface area (Å²) in [6, 6.07) is 9.66. The average molecular weight is 385 g/mol. The molecule has 0 bridgehead atoms. The number of rotatable bonds is 6. The minimum atomic E-state index is -3.20. The lowest BCUT2D eigenvalue weighted by molar-refractivity contribution is 0.599. The number of nitrogens with one attached hydrogen (secondary N) is 1. The zero-order chi connectivity index (χ0) is 19.4. The van der Waals surface area contributed by atoms with Crippen LogP contribution in [0.15, 0.2) is 24.3 Å². The third kappa shape index (κ3) is 3.88. The Labute approximate surface area is 160 Å². The number of sulfonamides is 1. The van der Waals surface area contributed by atoms with Crippen LogP contribution in [0.3, 0.4) is 0 Å². The van der Waals surface area contributed by atoms with Crippen molar-refractivity contribution in [3.8, 4) is 6.07 Å². The van der Waals surface area contributed by atoms with Gasteiger partial charge in [0, 0.05) is 13.1 Å². The summed E-state index contributed by atoms with van der Waals surface area (Å²) in [5.74, 6) is 0.658. The van der Waals surface area contributed by atoms with E-state index in [0.717, 1.165) is 29.7 Å². The summed E-state index contributed by atoms with van der Waals surface area (Å²) in [7, 11) is -3.20. The van der Waals surface area contributed by atoms with Gasteiger partial charge in [-0.1, -0.05) is 26.0 Å². The molecule has 1 N–H and O–H groups in total. The number of anilines is 2. The molecule has 0 radical (unpaired) electrons. The molecule has 0 amide bonds. The highest BCUT2D eigenvalue weighted by Crippen LogP contribution is 2.25. The number of nitriles is 1. The van der Waals surface area contributed by atoms with Crippen LogP contribution in [0.5, 0.6) is 0 Å². The molecule has 1 fully saturated rings. The molecule has 1 aromatic heterocycles. The second-order valence-electron chi connectivity index (χ2n) is 6.43. The van der Waals surface area contributed by atoms with Gasteiger partial charge in [0.05, 0.1) is 17.1 Å². The molecule has 27 heavy (non-hydrogen) atoms. The molecule has 1 aromatic carbocycles. The van der Waals surface area contributed by atoms with Gasteiger partial charge in [-0.05, 0) is 42.5 Å². The second-order valence-corrected chi connectivity index (χ2v) is 8.45. The standard InChI is InChI=1S/C19H23N5O2S/c1-3-16-17(12-20)19(23-22-18(16)4-2)21-13-14-7-5-8-15(11-14)24-9-6-10-27(24,25)26/h5,7-8,11H,3-4,6,9-10,13H2,1-2H3,(H,21,23). The molecule has 0 aliphatic carbocycles.